The van der Waals surface area contributed by atoms with E-state index in [4.69, 9.17) is 9.57 Å². The van der Waals surface area contributed by atoms with Crippen LogP contribution in [0.15, 0.2) is 36.5 Å². The number of aryl methyl sites for hydroxylation is 2. The normalized spacial score (nSPS) is 10.4. The largest absolute Gasteiger partial charge is 0.487 e. The van der Waals surface area contributed by atoms with E-state index in [-0.39, 0.29) is 5.91 Å². The van der Waals surface area contributed by atoms with Gasteiger partial charge in [0, 0.05) is 18.8 Å². The summed E-state index contributed by atoms with van der Waals surface area (Å²) in [5, 5.41) is 1.18. The third-order valence-electron chi connectivity index (χ3n) is 3.36. The summed E-state index contributed by atoms with van der Waals surface area (Å²) < 4.78 is 5.72. The molecule has 1 aromatic heterocycles. The molecule has 0 fully saturated rings. The van der Waals surface area contributed by atoms with Crippen LogP contribution in [0.4, 0.5) is 0 Å². The molecule has 5 heteroatoms. The number of hydrogen-bond acceptors (Lipinski definition) is 4. The zero-order valence-corrected chi connectivity index (χ0v) is 13.3. The van der Waals surface area contributed by atoms with Crippen LogP contribution in [-0.4, -0.2) is 30.1 Å². The Kier molecular flexibility index (Phi) is 5.12. The summed E-state index contributed by atoms with van der Waals surface area (Å²) in [7, 11) is 3.02. The van der Waals surface area contributed by atoms with Gasteiger partial charge in [-0.15, -0.1) is 0 Å². The summed E-state index contributed by atoms with van der Waals surface area (Å²) >= 11 is 0. The zero-order valence-electron chi connectivity index (χ0n) is 13.3. The lowest BCUT2D eigenvalue weighted by molar-refractivity contribution is -0.0757. The number of rotatable bonds is 5. The third-order valence-corrected chi connectivity index (χ3v) is 3.36. The molecule has 1 aromatic carbocycles. The van der Waals surface area contributed by atoms with Crippen molar-refractivity contribution in [2.75, 3.05) is 14.2 Å². The Labute approximate surface area is 130 Å². The predicted molar refractivity (Wildman–Crippen MR) is 83.6 cm³/mol. The third kappa shape index (κ3) is 3.83. The lowest BCUT2D eigenvalue weighted by Gasteiger charge is -2.14. The lowest BCUT2D eigenvalue weighted by Crippen LogP contribution is -2.25. The summed E-state index contributed by atoms with van der Waals surface area (Å²) in [6, 6.07) is 9.03. The van der Waals surface area contributed by atoms with Gasteiger partial charge in [-0.25, -0.2) is 5.06 Å². The van der Waals surface area contributed by atoms with Crippen LogP contribution in [0.3, 0.4) is 0 Å². The van der Waals surface area contributed by atoms with E-state index in [9.17, 15) is 4.79 Å². The van der Waals surface area contributed by atoms with Crippen molar-refractivity contribution in [3.05, 3.63) is 58.9 Å². The van der Waals surface area contributed by atoms with Crippen LogP contribution in [0, 0.1) is 13.8 Å². The van der Waals surface area contributed by atoms with Crippen LogP contribution < -0.4 is 4.74 Å². The number of benzene rings is 1. The highest BCUT2D eigenvalue weighted by atomic mass is 16.7. The summed E-state index contributed by atoms with van der Waals surface area (Å²) in [6.07, 6.45) is 1.83. The molecule has 0 aliphatic heterocycles. The van der Waals surface area contributed by atoms with E-state index in [1.165, 1.54) is 12.2 Å². The summed E-state index contributed by atoms with van der Waals surface area (Å²) in [5.74, 6) is 0.489. The number of hydroxylamine groups is 2. The fourth-order valence-corrected chi connectivity index (χ4v) is 2.00. The van der Waals surface area contributed by atoms with Gasteiger partial charge >= 0.3 is 0 Å². The first kappa shape index (κ1) is 16.0. The predicted octanol–water partition coefficient (Wildman–Crippen LogP) is 2.91. The van der Waals surface area contributed by atoms with Crippen molar-refractivity contribution in [1.82, 2.24) is 10.0 Å². The Morgan fingerprint density at radius 1 is 1.23 bits per heavy atom. The van der Waals surface area contributed by atoms with Crippen molar-refractivity contribution in [2.45, 2.75) is 20.5 Å². The SMILES string of the molecule is CON(C)C(=O)c1ccc(OCc2ncc(C)cc2C)cc1. The summed E-state index contributed by atoms with van der Waals surface area (Å²) in [4.78, 5) is 21.1. The number of carbonyl (C=O) groups excluding carboxylic acids is 1. The average molecular weight is 300 g/mol. The molecule has 0 radical (unpaired) electrons. The van der Waals surface area contributed by atoms with Gasteiger partial charge in [0.2, 0.25) is 0 Å². The molecule has 1 heterocycles. The molecule has 0 N–H and O–H groups in total. The van der Waals surface area contributed by atoms with Crippen molar-refractivity contribution in [3.63, 3.8) is 0 Å². The molecule has 0 aliphatic carbocycles. The molecule has 0 aliphatic rings. The molecule has 22 heavy (non-hydrogen) atoms. The number of carbonyl (C=O) groups is 1. The summed E-state index contributed by atoms with van der Waals surface area (Å²) in [5.41, 5.74) is 3.69. The molecular weight excluding hydrogens is 280 g/mol. The molecule has 2 aromatic rings. The Hall–Kier alpha value is -2.40. The van der Waals surface area contributed by atoms with Crippen LogP contribution in [0.2, 0.25) is 0 Å². The average Bonchev–Trinajstić information content (AvgIpc) is 2.53. The number of ether oxygens (including phenoxy) is 1. The molecule has 0 spiro atoms. The van der Waals surface area contributed by atoms with Crippen molar-refractivity contribution >= 4 is 5.91 Å². The van der Waals surface area contributed by atoms with E-state index >= 15 is 0 Å². The minimum absolute atomic E-state index is 0.204. The summed E-state index contributed by atoms with van der Waals surface area (Å²) in [6.45, 7) is 4.43. The molecule has 5 nitrogen and oxygen atoms in total. The van der Waals surface area contributed by atoms with Gasteiger partial charge in [0.05, 0.1) is 12.8 Å². The monoisotopic (exact) mass is 300 g/mol. The molecule has 1 amide bonds. The second-order valence-corrected chi connectivity index (χ2v) is 5.07. The number of nitrogens with zero attached hydrogens (tertiary/aromatic N) is 2. The topological polar surface area (TPSA) is 51.7 Å². The maximum atomic E-state index is 11.9. The fraction of sp³-hybridized carbons (Fsp3) is 0.294. The van der Waals surface area contributed by atoms with Gasteiger partial charge in [0.1, 0.15) is 12.4 Å². The van der Waals surface area contributed by atoms with E-state index in [0.717, 1.165) is 16.8 Å². The minimum atomic E-state index is -0.204. The van der Waals surface area contributed by atoms with E-state index in [0.29, 0.717) is 17.9 Å². The molecule has 2 rings (SSSR count). The van der Waals surface area contributed by atoms with Crippen LogP contribution in [0.5, 0.6) is 5.75 Å². The van der Waals surface area contributed by atoms with Crippen molar-refractivity contribution in [1.29, 1.82) is 0 Å². The number of aromatic nitrogens is 1. The molecular formula is C17H20N2O3. The van der Waals surface area contributed by atoms with Gasteiger partial charge in [-0.05, 0) is 49.2 Å². The minimum Gasteiger partial charge on any atom is -0.487 e. The van der Waals surface area contributed by atoms with E-state index in [2.05, 4.69) is 11.1 Å². The first-order valence-electron chi connectivity index (χ1n) is 6.98. The number of hydrogen-bond donors (Lipinski definition) is 0. The fourth-order valence-electron chi connectivity index (χ4n) is 2.00. The lowest BCUT2D eigenvalue weighted by atomic mass is 10.2. The van der Waals surface area contributed by atoms with Crippen molar-refractivity contribution in [3.8, 4) is 5.75 Å². The highest BCUT2D eigenvalue weighted by Crippen LogP contribution is 2.16. The van der Waals surface area contributed by atoms with Gasteiger partial charge in [-0.1, -0.05) is 6.07 Å². The second-order valence-electron chi connectivity index (χ2n) is 5.07. The van der Waals surface area contributed by atoms with Gasteiger partial charge in [0.25, 0.3) is 5.91 Å². The molecule has 0 atom stereocenters. The number of amides is 1. The zero-order chi connectivity index (χ0) is 16.1. The highest BCUT2D eigenvalue weighted by Gasteiger charge is 2.11. The Morgan fingerprint density at radius 2 is 1.91 bits per heavy atom. The second kappa shape index (κ2) is 7.04. The molecule has 116 valence electrons. The smallest absolute Gasteiger partial charge is 0.277 e. The maximum absolute atomic E-state index is 11.9. The van der Waals surface area contributed by atoms with Gasteiger partial charge in [-0.2, -0.15) is 0 Å². The Balaban J connectivity index is 2.01. The molecule has 0 unspecified atom stereocenters. The standard InChI is InChI=1S/C17H20N2O3/c1-12-9-13(2)16(18-10-12)11-22-15-7-5-14(6-8-15)17(20)19(3)21-4/h5-10H,11H2,1-4H3. The van der Waals surface area contributed by atoms with Crippen molar-refractivity contribution < 1.29 is 14.4 Å². The van der Waals surface area contributed by atoms with Crippen LogP contribution in [0.1, 0.15) is 27.2 Å². The molecule has 0 bridgehead atoms. The number of pyridine rings is 1. The van der Waals surface area contributed by atoms with Crippen LogP contribution in [-0.2, 0) is 11.4 Å². The van der Waals surface area contributed by atoms with E-state index < -0.39 is 0 Å². The molecule has 0 saturated heterocycles. The van der Waals surface area contributed by atoms with Gasteiger partial charge in [0.15, 0.2) is 0 Å². The quantitative estimate of drug-likeness (QED) is 0.797. The van der Waals surface area contributed by atoms with Gasteiger partial charge in [-0.3, -0.25) is 14.6 Å². The maximum Gasteiger partial charge on any atom is 0.277 e. The van der Waals surface area contributed by atoms with Crippen molar-refractivity contribution in [2.24, 2.45) is 0 Å². The first-order valence-corrected chi connectivity index (χ1v) is 6.98. The van der Waals surface area contributed by atoms with E-state index in [1.807, 2.05) is 20.0 Å². The van der Waals surface area contributed by atoms with E-state index in [1.54, 1.807) is 31.3 Å². The van der Waals surface area contributed by atoms with Crippen LogP contribution >= 0.6 is 0 Å². The van der Waals surface area contributed by atoms with Gasteiger partial charge < -0.3 is 4.74 Å². The first-order chi connectivity index (χ1) is 10.5. The van der Waals surface area contributed by atoms with Crippen LogP contribution in [0.25, 0.3) is 0 Å². The Morgan fingerprint density at radius 3 is 2.50 bits per heavy atom. The Bertz CT molecular complexity index is 653. The highest BCUT2D eigenvalue weighted by molar-refractivity contribution is 5.93. The molecule has 0 saturated carbocycles.